The number of nitrogens with one attached hydrogen (secondary N) is 1. The van der Waals surface area contributed by atoms with Gasteiger partial charge in [-0.3, -0.25) is 0 Å². The fourth-order valence-electron chi connectivity index (χ4n) is 1.61. The van der Waals surface area contributed by atoms with E-state index in [1.165, 1.54) is 0 Å². The summed E-state index contributed by atoms with van der Waals surface area (Å²) in [5, 5.41) is 6.60. The summed E-state index contributed by atoms with van der Waals surface area (Å²) in [6, 6.07) is 1.54. The van der Waals surface area contributed by atoms with E-state index in [0.717, 1.165) is 17.1 Å². The van der Waals surface area contributed by atoms with Gasteiger partial charge in [0, 0.05) is 24.7 Å². The first-order chi connectivity index (χ1) is 9.61. The number of nitrogens with zero attached hydrogens (tertiary/aromatic N) is 4. The van der Waals surface area contributed by atoms with E-state index in [1.54, 1.807) is 13.1 Å². The minimum atomic E-state index is -4.43. The van der Waals surface area contributed by atoms with Crippen LogP contribution in [0.25, 0.3) is 5.82 Å². The minimum absolute atomic E-state index is 0.287. The molecule has 0 atom stereocenters. The summed E-state index contributed by atoms with van der Waals surface area (Å²) in [7, 11) is 1.68. The largest absolute Gasteiger partial charge is 0.419 e. The summed E-state index contributed by atoms with van der Waals surface area (Å²) in [6.07, 6.45) is -2.74. The van der Waals surface area contributed by atoms with E-state index in [9.17, 15) is 13.2 Å². The maximum Gasteiger partial charge on any atom is 0.419 e. The molecule has 0 aliphatic heterocycles. The van der Waals surface area contributed by atoms with Crippen molar-refractivity contribution in [1.82, 2.24) is 19.7 Å². The summed E-state index contributed by atoms with van der Waals surface area (Å²) in [5.41, 5.74) is -1.15. The average molecular weight is 299 g/mol. The Morgan fingerprint density at radius 1 is 1.14 bits per heavy atom. The predicted octanol–water partition coefficient (Wildman–Crippen LogP) is 3.02. The van der Waals surface area contributed by atoms with Crippen molar-refractivity contribution in [2.45, 2.75) is 32.4 Å². The molecule has 0 bridgehead atoms. The Morgan fingerprint density at radius 3 is 2.29 bits per heavy atom. The van der Waals surface area contributed by atoms with E-state index in [2.05, 4.69) is 20.4 Å². The van der Waals surface area contributed by atoms with Crippen LogP contribution in [0.1, 0.15) is 32.2 Å². The van der Waals surface area contributed by atoms with Crippen LogP contribution in [-0.4, -0.2) is 26.8 Å². The van der Waals surface area contributed by atoms with Gasteiger partial charge in [0.1, 0.15) is 11.6 Å². The van der Waals surface area contributed by atoms with Gasteiger partial charge in [-0.2, -0.15) is 18.3 Å². The van der Waals surface area contributed by atoms with Crippen LogP contribution in [0.15, 0.2) is 18.5 Å². The quantitative estimate of drug-likeness (QED) is 0.926. The monoisotopic (exact) mass is 299 g/mol. The number of hydrogen-bond acceptors (Lipinski definition) is 4. The molecule has 114 valence electrons. The molecule has 21 heavy (non-hydrogen) atoms. The zero-order valence-corrected chi connectivity index (χ0v) is 12.2. The van der Waals surface area contributed by atoms with Crippen molar-refractivity contribution >= 4 is 5.82 Å². The second kappa shape index (κ2) is 5.01. The van der Waals surface area contributed by atoms with Crippen molar-refractivity contribution in [1.29, 1.82) is 0 Å². The van der Waals surface area contributed by atoms with Crippen LogP contribution in [0.4, 0.5) is 19.0 Å². The highest BCUT2D eigenvalue weighted by atomic mass is 19.4. The molecule has 0 unspecified atom stereocenters. The topological polar surface area (TPSA) is 55.6 Å². The molecule has 0 spiro atoms. The fraction of sp³-hybridized carbons (Fsp3) is 0.462. The molecular formula is C13H16F3N5. The van der Waals surface area contributed by atoms with Crippen LogP contribution < -0.4 is 5.32 Å². The van der Waals surface area contributed by atoms with Gasteiger partial charge < -0.3 is 5.32 Å². The highest BCUT2D eigenvalue weighted by Crippen LogP contribution is 2.29. The number of anilines is 1. The Bertz CT molecular complexity index is 640. The van der Waals surface area contributed by atoms with Crippen molar-refractivity contribution in [3.05, 3.63) is 29.8 Å². The van der Waals surface area contributed by atoms with Crippen molar-refractivity contribution in [2.75, 3.05) is 12.4 Å². The van der Waals surface area contributed by atoms with E-state index >= 15 is 0 Å². The Balaban J connectivity index is 2.51. The van der Waals surface area contributed by atoms with E-state index in [4.69, 9.17) is 0 Å². The van der Waals surface area contributed by atoms with E-state index in [-0.39, 0.29) is 11.2 Å². The summed E-state index contributed by atoms with van der Waals surface area (Å²) < 4.78 is 39.0. The molecular weight excluding hydrogens is 283 g/mol. The average Bonchev–Trinajstić information content (AvgIpc) is 2.86. The lowest BCUT2D eigenvalue weighted by Crippen LogP contribution is -2.18. The maximum absolute atomic E-state index is 12.6. The Hall–Kier alpha value is -2.12. The molecule has 0 amide bonds. The Labute approximate surface area is 120 Å². The Morgan fingerprint density at radius 2 is 1.81 bits per heavy atom. The zero-order chi connectivity index (χ0) is 15.8. The third kappa shape index (κ3) is 3.32. The van der Waals surface area contributed by atoms with Gasteiger partial charge in [-0.1, -0.05) is 20.8 Å². The molecule has 2 rings (SSSR count). The fourth-order valence-corrected chi connectivity index (χ4v) is 1.61. The van der Waals surface area contributed by atoms with Crippen molar-refractivity contribution < 1.29 is 13.2 Å². The van der Waals surface area contributed by atoms with Gasteiger partial charge in [0.25, 0.3) is 0 Å². The molecule has 0 fully saturated rings. The van der Waals surface area contributed by atoms with Crippen LogP contribution in [0.3, 0.4) is 0 Å². The van der Waals surface area contributed by atoms with Crippen molar-refractivity contribution in [3.63, 3.8) is 0 Å². The summed E-state index contributed by atoms with van der Waals surface area (Å²) in [6.45, 7) is 5.78. The van der Waals surface area contributed by atoms with E-state index in [0.29, 0.717) is 11.6 Å². The van der Waals surface area contributed by atoms with Gasteiger partial charge in [0.2, 0.25) is 0 Å². The highest BCUT2D eigenvalue weighted by molar-refractivity contribution is 5.42. The number of alkyl halides is 3. The van der Waals surface area contributed by atoms with Crippen molar-refractivity contribution in [2.24, 2.45) is 0 Å². The molecule has 0 aliphatic rings. The molecule has 2 aromatic heterocycles. The SMILES string of the molecule is CNc1cc(-n2cc(C(F)(F)F)cn2)nc(C(C)(C)C)n1. The Kier molecular flexibility index (Phi) is 3.65. The van der Waals surface area contributed by atoms with Gasteiger partial charge in [-0.25, -0.2) is 14.6 Å². The van der Waals surface area contributed by atoms with Gasteiger partial charge in [0.15, 0.2) is 5.82 Å². The molecule has 2 aromatic rings. The van der Waals surface area contributed by atoms with Crippen molar-refractivity contribution in [3.8, 4) is 5.82 Å². The zero-order valence-electron chi connectivity index (χ0n) is 12.2. The summed E-state index contributed by atoms with van der Waals surface area (Å²) in [5.74, 6) is 1.33. The standard InChI is InChI=1S/C13H16F3N5/c1-12(2,3)11-19-9(17-4)5-10(20-11)21-7-8(6-18-21)13(14,15)16/h5-7H,1-4H3,(H,17,19,20). The molecule has 5 nitrogen and oxygen atoms in total. The van der Waals surface area contributed by atoms with Gasteiger partial charge >= 0.3 is 6.18 Å². The minimum Gasteiger partial charge on any atom is -0.373 e. The lowest BCUT2D eigenvalue weighted by molar-refractivity contribution is -0.137. The number of rotatable bonds is 2. The van der Waals surface area contributed by atoms with Crippen LogP contribution >= 0.6 is 0 Å². The second-order valence-electron chi connectivity index (χ2n) is 5.61. The van der Waals surface area contributed by atoms with Gasteiger partial charge in [-0.05, 0) is 0 Å². The molecule has 0 aliphatic carbocycles. The van der Waals surface area contributed by atoms with Crippen LogP contribution in [0.5, 0.6) is 0 Å². The molecule has 1 N–H and O–H groups in total. The van der Waals surface area contributed by atoms with E-state index < -0.39 is 11.7 Å². The van der Waals surface area contributed by atoms with Crippen LogP contribution in [0, 0.1) is 0 Å². The third-order valence-corrected chi connectivity index (χ3v) is 2.78. The summed E-state index contributed by atoms with van der Waals surface area (Å²) in [4.78, 5) is 8.62. The van der Waals surface area contributed by atoms with Gasteiger partial charge in [0.05, 0.1) is 11.8 Å². The third-order valence-electron chi connectivity index (χ3n) is 2.78. The molecule has 2 heterocycles. The first-order valence-electron chi connectivity index (χ1n) is 6.31. The number of halogens is 3. The molecule has 0 aromatic carbocycles. The van der Waals surface area contributed by atoms with Crippen LogP contribution in [0.2, 0.25) is 0 Å². The number of aromatic nitrogens is 4. The predicted molar refractivity (Wildman–Crippen MR) is 72.4 cm³/mol. The molecule has 0 radical (unpaired) electrons. The lowest BCUT2D eigenvalue weighted by Gasteiger charge is -2.18. The second-order valence-corrected chi connectivity index (χ2v) is 5.61. The van der Waals surface area contributed by atoms with Crippen LogP contribution in [-0.2, 0) is 11.6 Å². The normalized spacial score (nSPS) is 12.5. The smallest absolute Gasteiger partial charge is 0.373 e. The first-order valence-corrected chi connectivity index (χ1v) is 6.31. The first kappa shape index (κ1) is 15.3. The molecule has 0 saturated carbocycles. The number of hydrogen-bond donors (Lipinski definition) is 1. The summed E-state index contributed by atoms with van der Waals surface area (Å²) >= 11 is 0. The highest BCUT2D eigenvalue weighted by Gasteiger charge is 2.32. The molecule has 0 saturated heterocycles. The molecule has 8 heteroatoms. The maximum atomic E-state index is 12.6. The van der Waals surface area contributed by atoms with Gasteiger partial charge in [-0.15, -0.1) is 0 Å². The van der Waals surface area contributed by atoms with E-state index in [1.807, 2.05) is 20.8 Å². The lowest BCUT2D eigenvalue weighted by atomic mass is 9.96.